The molecule has 0 radical (unpaired) electrons. The summed E-state index contributed by atoms with van der Waals surface area (Å²) in [5, 5.41) is 0. The normalized spacial score (nSPS) is 17.5. The van der Waals surface area contributed by atoms with Gasteiger partial charge < -0.3 is 13.9 Å². The summed E-state index contributed by atoms with van der Waals surface area (Å²) in [6.45, 7) is 0. The van der Waals surface area contributed by atoms with Crippen molar-refractivity contribution in [3.8, 4) is 28.4 Å². The Labute approximate surface area is 177 Å². The van der Waals surface area contributed by atoms with Crippen molar-refractivity contribution in [2.24, 2.45) is 0 Å². The molecule has 1 atom stereocenters. The van der Waals surface area contributed by atoms with Gasteiger partial charge in [0.1, 0.15) is 17.3 Å². The zero-order valence-electron chi connectivity index (χ0n) is 15.2. The summed E-state index contributed by atoms with van der Waals surface area (Å²) in [6.07, 6.45) is 0. The van der Waals surface area contributed by atoms with Crippen molar-refractivity contribution < 1.29 is 13.9 Å². The summed E-state index contributed by atoms with van der Waals surface area (Å²) >= 11 is 2.34. The lowest BCUT2D eigenvalue weighted by molar-refractivity contribution is -0.140. The number of para-hydroxylation sites is 1. The van der Waals surface area contributed by atoms with Crippen molar-refractivity contribution in [3.63, 3.8) is 0 Å². The van der Waals surface area contributed by atoms with E-state index in [1.54, 1.807) is 7.11 Å². The Kier molecular flexibility index (Phi) is 4.25. The Morgan fingerprint density at radius 2 is 1.43 bits per heavy atom. The van der Waals surface area contributed by atoms with E-state index >= 15 is 0 Å². The number of fused-ring (bicyclic) bond motifs is 3. The van der Waals surface area contributed by atoms with Crippen LogP contribution in [0.4, 0.5) is 0 Å². The number of furan rings is 1. The summed E-state index contributed by atoms with van der Waals surface area (Å²) in [6, 6.07) is 28.1. The number of hydrogen-bond acceptors (Lipinski definition) is 3. The molecule has 0 saturated carbocycles. The Bertz CT molecular complexity index is 1140. The van der Waals surface area contributed by atoms with Crippen LogP contribution in [0.3, 0.4) is 0 Å². The average molecular weight is 480 g/mol. The van der Waals surface area contributed by atoms with Gasteiger partial charge in [0.05, 0.1) is 14.7 Å². The summed E-state index contributed by atoms with van der Waals surface area (Å²) in [7, 11) is 1.68. The van der Waals surface area contributed by atoms with Crippen molar-refractivity contribution in [3.05, 3.63) is 99.6 Å². The minimum Gasteiger partial charge on any atom is -0.454 e. The van der Waals surface area contributed by atoms with E-state index in [9.17, 15) is 0 Å². The first-order chi connectivity index (χ1) is 13.7. The molecule has 0 fully saturated rings. The van der Waals surface area contributed by atoms with Crippen LogP contribution >= 0.6 is 22.6 Å². The largest absolute Gasteiger partial charge is 0.454 e. The van der Waals surface area contributed by atoms with Crippen molar-refractivity contribution in [2.75, 3.05) is 7.11 Å². The molecule has 4 heteroatoms. The van der Waals surface area contributed by atoms with E-state index in [0.717, 1.165) is 43.1 Å². The minimum atomic E-state index is -1.07. The first kappa shape index (κ1) is 17.5. The number of rotatable bonds is 3. The third-order valence-electron chi connectivity index (χ3n) is 5.04. The van der Waals surface area contributed by atoms with Crippen LogP contribution in [-0.4, -0.2) is 7.11 Å². The number of methoxy groups -OCH3 is 1. The predicted octanol–water partition coefficient (Wildman–Crippen LogP) is 6.46. The molecule has 138 valence electrons. The van der Waals surface area contributed by atoms with Gasteiger partial charge in [-0.25, -0.2) is 0 Å². The highest BCUT2D eigenvalue weighted by molar-refractivity contribution is 14.1. The molecule has 3 nitrogen and oxygen atoms in total. The lowest BCUT2D eigenvalue weighted by atomic mass is 9.91. The zero-order chi connectivity index (χ0) is 19.1. The monoisotopic (exact) mass is 480 g/mol. The van der Waals surface area contributed by atoms with E-state index in [2.05, 4.69) is 34.7 Å². The fraction of sp³-hybridized carbons (Fsp3) is 0.0833. The molecule has 0 N–H and O–H groups in total. The van der Waals surface area contributed by atoms with Crippen LogP contribution in [0.2, 0.25) is 0 Å². The van der Waals surface area contributed by atoms with Crippen LogP contribution < -0.4 is 4.74 Å². The minimum absolute atomic E-state index is 0.741. The van der Waals surface area contributed by atoms with Gasteiger partial charge in [-0.2, -0.15) is 0 Å². The fourth-order valence-corrected chi connectivity index (χ4v) is 4.76. The van der Waals surface area contributed by atoms with Crippen LogP contribution in [0.5, 0.6) is 5.75 Å². The summed E-state index contributed by atoms with van der Waals surface area (Å²) in [5.74, 6) is 1.28. The molecule has 1 aliphatic heterocycles. The van der Waals surface area contributed by atoms with E-state index in [4.69, 9.17) is 13.9 Å². The first-order valence-electron chi connectivity index (χ1n) is 9.02. The topological polar surface area (TPSA) is 31.6 Å². The third kappa shape index (κ3) is 2.52. The highest BCUT2D eigenvalue weighted by Gasteiger charge is 2.48. The van der Waals surface area contributed by atoms with E-state index in [1.807, 2.05) is 72.8 Å². The van der Waals surface area contributed by atoms with Crippen LogP contribution in [0.25, 0.3) is 22.6 Å². The Balaban J connectivity index is 1.85. The number of hydrogen-bond donors (Lipinski definition) is 0. The van der Waals surface area contributed by atoms with Crippen molar-refractivity contribution in [1.82, 2.24) is 0 Å². The van der Waals surface area contributed by atoms with Crippen molar-refractivity contribution >= 4 is 22.6 Å². The van der Waals surface area contributed by atoms with Gasteiger partial charge in [-0.15, -0.1) is 0 Å². The Morgan fingerprint density at radius 1 is 0.786 bits per heavy atom. The maximum Gasteiger partial charge on any atom is 0.268 e. The molecular weight excluding hydrogens is 463 g/mol. The number of ether oxygens (including phenoxy) is 2. The van der Waals surface area contributed by atoms with E-state index < -0.39 is 5.79 Å². The molecule has 0 amide bonds. The molecule has 0 aliphatic carbocycles. The molecule has 0 unspecified atom stereocenters. The highest BCUT2D eigenvalue weighted by atomic mass is 127. The molecule has 0 bridgehead atoms. The second-order valence-corrected chi connectivity index (χ2v) is 7.68. The van der Waals surface area contributed by atoms with Crippen LogP contribution in [0.15, 0.2) is 89.3 Å². The van der Waals surface area contributed by atoms with Crippen molar-refractivity contribution in [2.45, 2.75) is 5.79 Å². The Morgan fingerprint density at radius 3 is 2.14 bits per heavy atom. The molecule has 1 aliphatic rings. The zero-order valence-corrected chi connectivity index (χ0v) is 17.3. The Hall–Kier alpha value is -2.57. The maximum absolute atomic E-state index is 6.52. The second-order valence-electron chi connectivity index (χ2n) is 6.60. The molecular formula is C24H17IO3. The first-order valence-corrected chi connectivity index (χ1v) is 10.1. The van der Waals surface area contributed by atoms with Gasteiger partial charge in [-0.05, 0) is 34.7 Å². The summed E-state index contributed by atoms with van der Waals surface area (Å²) < 4.78 is 20.1. The average Bonchev–Trinajstić information content (AvgIpc) is 3.12. The molecule has 5 rings (SSSR count). The lowest BCUT2D eigenvalue weighted by Crippen LogP contribution is -2.39. The predicted molar refractivity (Wildman–Crippen MR) is 117 cm³/mol. The van der Waals surface area contributed by atoms with E-state index in [-0.39, 0.29) is 0 Å². The van der Waals surface area contributed by atoms with E-state index in [1.165, 1.54) is 0 Å². The second kappa shape index (κ2) is 6.79. The van der Waals surface area contributed by atoms with Crippen LogP contribution in [-0.2, 0) is 10.5 Å². The van der Waals surface area contributed by atoms with Gasteiger partial charge in [0.2, 0.25) is 0 Å². The van der Waals surface area contributed by atoms with Crippen LogP contribution in [0, 0.1) is 3.57 Å². The molecule has 0 spiro atoms. The lowest BCUT2D eigenvalue weighted by Gasteiger charge is -2.37. The maximum atomic E-state index is 6.52. The molecule has 4 aromatic rings. The number of halogens is 1. The van der Waals surface area contributed by atoms with Gasteiger partial charge in [-0.3, -0.25) is 0 Å². The van der Waals surface area contributed by atoms with Crippen LogP contribution in [0.1, 0.15) is 11.1 Å². The van der Waals surface area contributed by atoms with Gasteiger partial charge in [0, 0.05) is 18.2 Å². The fourth-order valence-electron chi connectivity index (χ4n) is 3.74. The quantitative estimate of drug-likeness (QED) is 0.316. The summed E-state index contributed by atoms with van der Waals surface area (Å²) in [5.41, 5.74) is 3.78. The molecule has 2 heterocycles. The molecule has 1 aromatic heterocycles. The van der Waals surface area contributed by atoms with Crippen molar-refractivity contribution in [1.29, 1.82) is 0 Å². The van der Waals surface area contributed by atoms with Gasteiger partial charge >= 0.3 is 0 Å². The number of benzene rings is 3. The highest BCUT2D eigenvalue weighted by Crippen LogP contribution is 2.53. The molecule has 3 aromatic carbocycles. The third-order valence-corrected chi connectivity index (χ3v) is 6.07. The summed E-state index contributed by atoms with van der Waals surface area (Å²) in [4.78, 5) is 0. The molecule has 0 saturated heterocycles. The molecule has 28 heavy (non-hydrogen) atoms. The van der Waals surface area contributed by atoms with E-state index in [0.29, 0.717) is 0 Å². The smallest absolute Gasteiger partial charge is 0.268 e. The van der Waals surface area contributed by atoms with Gasteiger partial charge in [0.25, 0.3) is 5.79 Å². The van der Waals surface area contributed by atoms with Gasteiger partial charge in [0.15, 0.2) is 0 Å². The van der Waals surface area contributed by atoms with Gasteiger partial charge in [-0.1, -0.05) is 72.8 Å². The standard InChI is InChI=1S/C24H17IO3/c1-26-24(17-12-6-3-7-13-17)20-21(25)22(16-10-4-2-5-11-16)27-23(20)18-14-8-9-15-19(18)28-24/h2-15H,1H3/t24-/m0/s1. The SMILES string of the molecule is CO[C@@]1(c2ccccc2)Oc2ccccc2-c2oc(-c3ccccc3)c(I)c21.